The molecule has 6 heteroatoms. The Balaban J connectivity index is 1.47. The van der Waals surface area contributed by atoms with Gasteiger partial charge in [0.1, 0.15) is 5.75 Å². The molecule has 0 aromatic heterocycles. The minimum atomic E-state index is -0.466. The van der Waals surface area contributed by atoms with Crippen LogP contribution in [0.3, 0.4) is 0 Å². The number of benzene rings is 2. The molecule has 2 aromatic rings. The van der Waals surface area contributed by atoms with Gasteiger partial charge in [0.05, 0.1) is 18.6 Å². The highest BCUT2D eigenvalue weighted by Gasteiger charge is 2.53. The zero-order valence-corrected chi connectivity index (χ0v) is 17.2. The fourth-order valence-electron chi connectivity index (χ4n) is 4.37. The van der Waals surface area contributed by atoms with E-state index < -0.39 is 5.41 Å². The van der Waals surface area contributed by atoms with Crippen LogP contribution in [0.25, 0.3) is 0 Å². The molecule has 1 saturated heterocycles. The minimum Gasteiger partial charge on any atom is -0.497 e. The van der Waals surface area contributed by atoms with Crippen LogP contribution >= 0.6 is 0 Å². The van der Waals surface area contributed by atoms with Gasteiger partial charge in [-0.1, -0.05) is 30.3 Å². The normalized spacial score (nSPS) is 22.3. The van der Waals surface area contributed by atoms with Gasteiger partial charge in [0.15, 0.2) is 0 Å². The minimum absolute atomic E-state index is 0.00854. The average molecular weight is 408 g/mol. The van der Waals surface area contributed by atoms with E-state index in [-0.39, 0.29) is 30.4 Å². The first kappa shape index (κ1) is 20.4. The molecule has 0 radical (unpaired) electrons. The quantitative estimate of drug-likeness (QED) is 0.769. The second-order valence-corrected chi connectivity index (χ2v) is 8.24. The maximum atomic E-state index is 13.5. The molecule has 30 heavy (non-hydrogen) atoms. The first-order valence-corrected chi connectivity index (χ1v) is 10.5. The van der Waals surface area contributed by atoms with Crippen LogP contribution in [0, 0.1) is 5.92 Å². The Morgan fingerprint density at radius 3 is 2.43 bits per heavy atom. The number of nitrogens with one attached hydrogen (secondary N) is 1. The maximum Gasteiger partial charge on any atom is 0.251 e. The molecule has 2 N–H and O–H groups in total. The first-order valence-electron chi connectivity index (χ1n) is 10.5. The monoisotopic (exact) mass is 408 g/mol. The topological polar surface area (TPSA) is 78.9 Å². The maximum absolute atomic E-state index is 13.5. The van der Waals surface area contributed by atoms with E-state index in [4.69, 9.17) is 4.74 Å². The van der Waals surface area contributed by atoms with Crippen LogP contribution in [-0.4, -0.2) is 54.7 Å². The third-order valence-electron chi connectivity index (χ3n) is 6.43. The smallest absolute Gasteiger partial charge is 0.251 e. The fraction of sp³-hybridized carbons (Fsp3) is 0.417. The molecule has 158 valence electrons. The molecule has 6 nitrogen and oxygen atoms in total. The number of likely N-dealkylation sites (tertiary alicyclic amines) is 1. The van der Waals surface area contributed by atoms with Gasteiger partial charge in [-0.2, -0.15) is 0 Å². The third-order valence-corrected chi connectivity index (χ3v) is 6.43. The Hall–Kier alpha value is -2.86. The van der Waals surface area contributed by atoms with Crippen molar-refractivity contribution in [1.82, 2.24) is 10.2 Å². The number of rotatable bonds is 6. The van der Waals surface area contributed by atoms with Gasteiger partial charge < -0.3 is 20.1 Å². The second-order valence-electron chi connectivity index (χ2n) is 8.24. The number of ether oxygens (including phenoxy) is 1. The molecule has 1 aliphatic carbocycles. The van der Waals surface area contributed by atoms with Gasteiger partial charge in [0.2, 0.25) is 5.91 Å². The third kappa shape index (κ3) is 3.92. The summed E-state index contributed by atoms with van der Waals surface area (Å²) < 4.78 is 5.23. The van der Waals surface area contributed by atoms with Crippen molar-refractivity contribution in [2.45, 2.75) is 30.7 Å². The summed E-state index contributed by atoms with van der Waals surface area (Å²) in [7, 11) is 1.63. The molecule has 1 heterocycles. The molecular weight excluding hydrogens is 380 g/mol. The van der Waals surface area contributed by atoms with Crippen molar-refractivity contribution in [2.75, 3.05) is 26.8 Å². The molecule has 2 atom stereocenters. The van der Waals surface area contributed by atoms with Crippen molar-refractivity contribution >= 4 is 11.8 Å². The molecule has 1 saturated carbocycles. The lowest BCUT2D eigenvalue weighted by Crippen LogP contribution is -2.56. The number of piperidine rings is 1. The number of aliphatic hydroxyl groups is 1. The lowest BCUT2D eigenvalue weighted by molar-refractivity contribution is -0.136. The Morgan fingerprint density at radius 2 is 1.83 bits per heavy atom. The van der Waals surface area contributed by atoms with E-state index in [2.05, 4.69) is 5.32 Å². The zero-order valence-electron chi connectivity index (χ0n) is 17.2. The Morgan fingerprint density at radius 1 is 1.13 bits per heavy atom. The molecule has 2 amide bonds. The summed E-state index contributed by atoms with van der Waals surface area (Å²) in [6.45, 7) is 1.01. The second kappa shape index (κ2) is 8.48. The molecule has 0 bridgehead atoms. The van der Waals surface area contributed by atoms with E-state index in [1.807, 2.05) is 47.4 Å². The number of amides is 2. The highest BCUT2D eigenvalue weighted by Crippen LogP contribution is 2.50. The summed E-state index contributed by atoms with van der Waals surface area (Å²) >= 11 is 0. The summed E-state index contributed by atoms with van der Waals surface area (Å²) in [5.41, 5.74) is 1.13. The van der Waals surface area contributed by atoms with E-state index in [0.717, 1.165) is 24.2 Å². The molecule has 4 rings (SSSR count). The van der Waals surface area contributed by atoms with E-state index in [1.165, 1.54) is 0 Å². The SMILES string of the molecule is COc1ccc(C2(C(=O)N3CC[C@H](CO)[C@H](NC(=O)c4ccccc4)C3)CC2)cc1. The first-order chi connectivity index (χ1) is 14.6. The lowest BCUT2D eigenvalue weighted by Gasteiger charge is -2.39. The molecule has 2 aromatic carbocycles. The van der Waals surface area contributed by atoms with Crippen LogP contribution in [0.2, 0.25) is 0 Å². The predicted molar refractivity (Wildman–Crippen MR) is 113 cm³/mol. The summed E-state index contributed by atoms with van der Waals surface area (Å²) in [4.78, 5) is 27.9. The van der Waals surface area contributed by atoms with Crippen molar-refractivity contribution < 1.29 is 19.4 Å². The predicted octanol–water partition coefficient (Wildman–Crippen LogP) is 2.37. The fourth-order valence-corrected chi connectivity index (χ4v) is 4.37. The zero-order chi connectivity index (χ0) is 21.1. The molecule has 2 fully saturated rings. The van der Waals surface area contributed by atoms with E-state index in [1.54, 1.807) is 19.2 Å². The van der Waals surface area contributed by atoms with Gasteiger partial charge in [-0.05, 0) is 49.1 Å². The standard InChI is InChI=1S/C24H28N2O4/c1-30-20-9-7-19(8-10-20)24(12-13-24)23(29)26-14-11-18(16-27)21(15-26)25-22(28)17-5-3-2-4-6-17/h2-10,18,21,27H,11-16H2,1H3,(H,25,28)/t18-,21-/m1/s1. The van der Waals surface area contributed by atoms with Crippen molar-refractivity contribution in [3.05, 3.63) is 65.7 Å². The molecule has 0 unspecified atom stereocenters. The number of methoxy groups -OCH3 is 1. The number of aliphatic hydroxyl groups excluding tert-OH is 1. The molecular formula is C24H28N2O4. The molecule has 2 aliphatic rings. The Bertz CT molecular complexity index is 893. The number of hydrogen-bond acceptors (Lipinski definition) is 4. The van der Waals surface area contributed by atoms with E-state index in [0.29, 0.717) is 25.1 Å². The van der Waals surface area contributed by atoms with Crippen molar-refractivity contribution in [1.29, 1.82) is 0 Å². The van der Waals surface area contributed by atoms with Crippen LogP contribution in [0.15, 0.2) is 54.6 Å². The van der Waals surface area contributed by atoms with Crippen molar-refractivity contribution in [3.63, 3.8) is 0 Å². The van der Waals surface area contributed by atoms with Gasteiger partial charge in [-0.15, -0.1) is 0 Å². The largest absolute Gasteiger partial charge is 0.497 e. The van der Waals surface area contributed by atoms with Crippen molar-refractivity contribution in [2.24, 2.45) is 5.92 Å². The molecule has 1 aliphatic heterocycles. The van der Waals surface area contributed by atoms with Gasteiger partial charge in [-0.25, -0.2) is 0 Å². The summed E-state index contributed by atoms with van der Waals surface area (Å²) in [5.74, 6) is 0.653. The van der Waals surface area contributed by atoms with Gasteiger partial charge in [-0.3, -0.25) is 9.59 Å². The van der Waals surface area contributed by atoms with Gasteiger partial charge in [0, 0.05) is 31.2 Å². The Labute approximate surface area is 176 Å². The summed E-state index contributed by atoms with van der Waals surface area (Å²) in [6, 6.07) is 16.5. The van der Waals surface area contributed by atoms with Crippen LogP contribution in [-0.2, 0) is 10.2 Å². The highest BCUT2D eigenvalue weighted by atomic mass is 16.5. The summed E-state index contributed by atoms with van der Waals surface area (Å²) in [6.07, 6.45) is 2.33. The number of hydrogen-bond donors (Lipinski definition) is 2. The summed E-state index contributed by atoms with van der Waals surface area (Å²) in [5, 5.41) is 12.8. The number of nitrogens with zero attached hydrogens (tertiary/aromatic N) is 1. The van der Waals surface area contributed by atoms with E-state index >= 15 is 0 Å². The van der Waals surface area contributed by atoms with Crippen molar-refractivity contribution in [3.8, 4) is 5.75 Å². The van der Waals surface area contributed by atoms with Crippen LogP contribution in [0.5, 0.6) is 5.75 Å². The van der Waals surface area contributed by atoms with Crippen LogP contribution < -0.4 is 10.1 Å². The molecule has 0 spiro atoms. The highest BCUT2D eigenvalue weighted by molar-refractivity contribution is 5.94. The van der Waals surface area contributed by atoms with Crippen LogP contribution in [0.4, 0.5) is 0 Å². The van der Waals surface area contributed by atoms with Crippen LogP contribution in [0.1, 0.15) is 35.2 Å². The average Bonchev–Trinajstić information content (AvgIpc) is 3.61. The van der Waals surface area contributed by atoms with Gasteiger partial charge in [0.25, 0.3) is 5.91 Å². The lowest BCUT2D eigenvalue weighted by atomic mass is 9.89. The number of carbonyl (C=O) groups excluding carboxylic acids is 2. The van der Waals surface area contributed by atoms with Gasteiger partial charge >= 0.3 is 0 Å². The Kier molecular flexibility index (Phi) is 5.77. The van der Waals surface area contributed by atoms with E-state index in [9.17, 15) is 14.7 Å². The number of carbonyl (C=O) groups is 2.